The van der Waals surface area contributed by atoms with Gasteiger partial charge in [0.05, 0.1) is 0 Å². The van der Waals surface area contributed by atoms with Crippen LogP contribution < -0.4 is 0 Å². The molecule has 0 heterocycles. The van der Waals surface area contributed by atoms with Crippen molar-refractivity contribution in [1.29, 1.82) is 0 Å². The quantitative estimate of drug-likeness (QED) is 0.716. The van der Waals surface area contributed by atoms with Crippen molar-refractivity contribution in [3.05, 3.63) is 35.4 Å². The minimum atomic E-state index is -2.26. The van der Waals surface area contributed by atoms with Crippen molar-refractivity contribution in [2.75, 3.05) is 0 Å². The summed E-state index contributed by atoms with van der Waals surface area (Å²) in [5, 5.41) is 0. The van der Waals surface area contributed by atoms with Crippen LogP contribution in [0.15, 0.2) is 24.3 Å². The Kier molecular flexibility index (Phi) is 3.32. The summed E-state index contributed by atoms with van der Waals surface area (Å²) in [6, 6.07) is 7.04. The minimum Gasteiger partial charge on any atom is -0.298 e. The van der Waals surface area contributed by atoms with Gasteiger partial charge in [0.1, 0.15) is 6.29 Å². The molecular formula is C13H14F2O. The van der Waals surface area contributed by atoms with Crippen molar-refractivity contribution in [1.82, 2.24) is 0 Å². The van der Waals surface area contributed by atoms with E-state index in [0.29, 0.717) is 12.0 Å². The second-order valence-electron chi connectivity index (χ2n) is 4.32. The summed E-state index contributed by atoms with van der Waals surface area (Å²) in [4.78, 5) is 10.6. The first kappa shape index (κ1) is 11.2. The van der Waals surface area contributed by atoms with Gasteiger partial charge in [0.2, 0.25) is 6.43 Å². The zero-order valence-corrected chi connectivity index (χ0v) is 8.90. The van der Waals surface area contributed by atoms with Gasteiger partial charge in [0.15, 0.2) is 0 Å². The monoisotopic (exact) mass is 224 g/mol. The fraction of sp³-hybridized carbons (Fsp3) is 0.462. The maximum Gasteiger partial charge on any atom is 0.242 e. The normalized spacial score (nSPS) is 24.9. The van der Waals surface area contributed by atoms with E-state index < -0.39 is 12.3 Å². The van der Waals surface area contributed by atoms with E-state index >= 15 is 0 Å². The standard InChI is InChI=1S/C13H14F2O/c14-13(15)12-6-2-5-11(12)10-4-1-3-9(7-10)8-16/h1,3-4,7-8,11-13H,2,5-6H2. The van der Waals surface area contributed by atoms with E-state index in [1.54, 1.807) is 18.2 Å². The van der Waals surface area contributed by atoms with Gasteiger partial charge in [-0.05, 0) is 30.4 Å². The number of carbonyl (C=O) groups is 1. The molecule has 86 valence electrons. The number of alkyl halides is 2. The molecule has 1 saturated carbocycles. The van der Waals surface area contributed by atoms with Crippen molar-refractivity contribution in [3.8, 4) is 0 Å². The molecule has 1 aromatic rings. The molecule has 0 spiro atoms. The second kappa shape index (κ2) is 4.73. The van der Waals surface area contributed by atoms with E-state index in [0.717, 1.165) is 24.7 Å². The Bertz CT molecular complexity index is 376. The Labute approximate surface area is 93.5 Å². The third kappa shape index (κ3) is 2.13. The van der Waals surface area contributed by atoms with Gasteiger partial charge in [-0.3, -0.25) is 4.79 Å². The number of hydrogen-bond acceptors (Lipinski definition) is 1. The van der Waals surface area contributed by atoms with Crippen LogP contribution in [0.5, 0.6) is 0 Å². The van der Waals surface area contributed by atoms with Crippen LogP contribution in [0.4, 0.5) is 8.78 Å². The first-order chi connectivity index (χ1) is 7.72. The van der Waals surface area contributed by atoms with Crippen LogP contribution in [0.1, 0.15) is 41.1 Å². The molecule has 2 unspecified atom stereocenters. The number of hydrogen-bond donors (Lipinski definition) is 0. The number of benzene rings is 1. The summed E-state index contributed by atoms with van der Waals surface area (Å²) >= 11 is 0. The van der Waals surface area contributed by atoms with Crippen molar-refractivity contribution in [2.45, 2.75) is 31.6 Å². The molecule has 1 nitrogen and oxygen atoms in total. The molecule has 3 heteroatoms. The summed E-state index contributed by atoms with van der Waals surface area (Å²) in [5.41, 5.74) is 1.45. The van der Waals surface area contributed by atoms with E-state index in [4.69, 9.17) is 0 Å². The Morgan fingerprint density at radius 2 is 2.12 bits per heavy atom. The summed E-state index contributed by atoms with van der Waals surface area (Å²) in [6.07, 6.45) is 0.749. The Morgan fingerprint density at radius 3 is 2.81 bits per heavy atom. The molecule has 2 rings (SSSR count). The Balaban J connectivity index is 2.25. The highest BCUT2D eigenvalue weighted by Crippen LogP contribution is 2.42. The van der Waals surface area contributed by atoms with Crippen LogP contribution in [-0.2, 0) is 0 Å². The van der Waals surface area contributed by atoms with Crippen LogP contribution in [0.25, 0.3) is 0 Å². The highest BCUT2D eigenvalue weighted by molar-refractivity contribution is 5.75. The molecule has 0 amide bonds. The molecular weight excluding hydrogens is 210 g/mol. The highest BCUT2D eigenvalue weighted by Gasteiger charge is 2.34. The lowest BCUT2D eigenvalue weighted by Gasteiger charge is -2.19. The van der Waals surface area contributed by atoms with E-state index in [1.165, 1.54) is 0 Å². The van der Waals surface area contributed by atoms with Gasteiger partial charge in [-0.15, -0.1) is 0 Å². The summed E-state index contributed by atoms with van der Waals surface area (Å²) in [5.74, 6) is -0.623. The molecule has 1 aliphatic rings. The van der Waals surface area contributed by atoms with Crippen LogP contribution in [0.2, 0.25) is 0 Å². The van der Waals surface area contributed by atoms with Gasteiger partial charge in [0.25, 0.3) is 0 Å². The lowest BCUT2D eigenvalue weighted by molar-refractivity contribution is 0.0717. The molecule has 0 aromatic heterocycles. The van der Waals surface area contributed by atoms with Crippen molar-refractivity contribution in [2.24, 2.45) is 5.92 Å². The minimum absolute atomic E-state index is 0.0834. The largest absolute Gasteiger partial charge is 0.298 e. The van der Waals surface area contributed by atoms with Crippen molar-refractivity contribution in [3.63, 3.8) is 0 Å². The van der Waals surface area contributed by atoms with Crippen LogP contribution in [0.3, 0.4) is 0 Å². The van der Waals surface area contributed by atoms with Gasteiger partial charge in [-0.1, -0.05) is 24.6 Å². The maximum atomic E-state index is 12.8. The molecule has 1 fully saturated rings. The van der Waals surface area contributed by atoms with Crippen molar-refractivity contribution < 1.29 is 13.6 Å². The van der Waals surface area contributed by atoms with Gasteiger partial charge >= 0.3 is 0 Å². The Morgan fingerprint density at radius 1 is 1.31 bits per heavy atom. The van der Waals surface area contributed by atoms with Crippen LogP contribution in [0, 0.1) is 5.92 Å². The SMILES string of the molecule is O=Cc1cccc(C2CCCC2C(F)F)c1. The van der Waals surface area contributed by atoms with Gasteiger partial charge in [-0.25, -0.2) is 8.78 Å². The third-order valence-electron chi connectivity index (χ3n) is 3.37. The van der Waals surface area contributed by atoms with Gasteiger partial charge in [0, 0.05) is 11.5 Å². The molecule has 0 radical (unpaired) electrons. The summed E-state index contributed by atoms with van der Waals surface area (Å²) in [7, 11) is 0. The fourth-order valence-electron chi connectivity index (χ4n) is 2.57. The van der Waals surface area contributed by atoms with Crippen LogP contribution in [-0.4, -0.2) is 12.7 Å². The number of halogens is 2. The number of rotatable bonds is 3. The van der Waals surface area contributed by atoms with Gasteiger partial charge in [-0.2, -0.15) is 0 Å². The molecule has 0 saturated heterocycles. The molecule has 1 aromatic carbocycles. The molecule has 2 atom stereocenters. The average Bonchev–Trinajstić information content (AvgIpc) is 2.78. The topological polar surface area (TPSA) is 17.1 Å². The predicted octanol–water partition coefficient (Wildman–Crippen LogP) is 3.65. The first-order valence-electron chi connectivity index (χ1n) is 5.55. The zero-order chi connectivity index (χ0) is 11.5. The maximum absolute atomic E-state index is 12.8. The smallest absolute Gasteiger partial charge is 0.242 e. The van der Waals surface area contributed by atoms with E-state index in [-0.39, 0.29) is 5.92 Å². The van der Waals surface area contributed by atoms with E-state index in [2.05, 4.69) is 0 Å². The molecule has 0 bridgehead atoms. The predicted molar refractivity (Wildman–Crippen MR) is 57.9 cm³/mol. The lowest BCUT2D eigenvalue weighted by Crippen LogP contribution is -2.15. The summed E-state index contributed by atoms with van der Waals surface area (Å²) in [6.45, 7) is 0. The first-order valence-corrected chi connectivity index (χ1v) is 5.55. The molecule has 16 heavy (non-hydrogen) atoms. The van der Waals surface area contributed by atoms with E-state index in [9.17, 15) is 13.6 Å². The van der Waals surface area contributed by atoms with Gasteiger partial charge < -0.3 is 0 Å². The highest BCUT2D eigenvalue weighted by atomic mass is 19.3. The molecule has 0 N–H and O–H groups in total. The second-order valence-corrected chi connectivity index (χ2v) is 4.32. The fourth-order valence-corrected chi connectivity index (χ4v) is 2.57. The molecule has 0 aliphatic heterocycles. The summed E-state index contributed by atoms with van der Waals surface area (Å²) < 4.78 is 25.6. The van der Waals surface area contributed by atoms with Crippen LogP contribution >= 0.6 is 0 Å². The zero-order valence-electron chi connectivity index (χ0n) is 8.90. The number of carbonyl (C=O) groups excluding carboxylic acids is 1. The third-order valence-corrected chi connectivity index (χ3v) is 3.37. The number of aldehydes is 1. The van der Waals surface area contributed by atoms with Crippen molar-refractivity contribution >= 4 is 6.29 Å². The van der Waals surface area contributed by atoms with E-state index in [1.807, 2.05) is 6.07 Å². The lowest BCUT2D eigenvalue weighted by atomic mass is 9.88. The average molecular weight is 224 g/mol. The molecule has 1 aliphatic carbocycles. The Hall–Kier alpha value is -1.25.